The van der Waals surface area contributed by atoms with Crippen LogP contribution in [-0.2, 0) is 14.3 Å². The molecule has 3 atom stereocenters. The molecule has 0 aromatic heterocycles. The second kappa shape index (κ2) is 51.3. The van der Waals surface area contributed by atoms with Gasteiger partial charge in [-0.05, 0) is 70.6 Å². The maximum Gasteiger partial charge on any atom is 0.306 e. The molecule has 0 radical (unpaired) electrons. The van der Waals surface area contributed by atoms with Crippen LogP contribution < -0.4 is 5.32 Å². The minimum Gasteiger partial charge on any atom is -0.462 e. The van der Waals surface area contributed by atoms with E-state index in [2.05, 4.69) is 80.8 Å². The van der Waals surface area contributed by atoms with Crippen LogP contribution >= 0.6 is 0 Å². The van der Waals surface area contributed by atoms with E-state index in [-0.39, 0.29) is 24.9 Å². The molecule has 3 N–H and O–H groups in total. The fourth-order valence-corrected chi connectivity index (χ4v) is 8.02. The van der Waals surface area contributed by atoms with Gasteiger partial charge in [0.1, 0.15) is 6.10 Å². The molecule has 0 aliphatic carbocycles. The van der Waals surface area contributed by atoms with Crippen molar-refractivity contribution in [1.29, 1.82) is 0 Å². The van der Waals surface area contributed by atoms with Crippen molar-refractivity contribution >= 4 is 11.9 Å². The Morgan fingerprint density at radius 1 is 0.469 bits per heavy atom. The first kappa shape index (κ1) is 61.3. The molecule has 3 unspecified atom stereocenters. The lowest BCUT2D eigenvalue weighted by Crippen LogP contribution is -2.46. The zero-order valence-electron chi connectivity index (χ0n) is 42.1. The lowest BCUT2D eigenvalue weighted by Gasteiger charge is -2.24. The van der Waals surface area contributed by atoms with Crippen LogP contribution in [0.5, 0.6) is 0 Å². The molecule has 0 aliphatic heterocycles. The molecular weight excluding hydrogens is 791 g/mol. The first-order valence-electron chi connectivity index (χ1n) is 27.2. The van der Waals surface area contributed by atoms with Gasteiger partial charge in [0.15, 0.2) is 0 Å². The predicted molar refractivity (Wildman–Crippen MR) is 278 cm³/mol. The normalized spacial score (nSPS) is 13.8. The number of nitrogens with one attached hydrogen (secondary N) is 1. The molecule has 0 rings (SSSR count). The van der Waals surface area contributed by atoms with Gasteiger partial charge < -0.3 is 20.3 Å². The number of rotatable bonds is 48. The molecule has 6 nitrogen and oxygen atoms in total. The van der Waals surface area contributed by atoms with Crippen molar-refractivity contribution in [1.82, 2.24) is 5.32 Å². The summed E-state index contributed by atoms with van der Waals surface area (Å²) in [7, 11) is 0. The standard InChI is InChI=1S/C58H103NO5/c1-4-7-10-13-16-19-22-25-28-30-31-34-37-40-43-46-49-54(64-58(63)51-48-45-42-39-36-33-29-26-23-20-17-14-11-8-5-2)52-57(62)59-55(53-60)56(61)50-47-44-41-38-35-32-27-24-21-18-15-12-9-6-3/h8,11,14,17,20,23,26,28-31,34,54-56,60-61H,4-7,9-10,12-13,15-16,18-19,21-22,24-25,27,32-33,35-53H2,1-3H3,(H,59,62)/b11-8+,17-14+,23-20+,29-26-,30-28+,34-31+. The fourth-order valence-electron chi connectivity index (χ4n) is 8.02. The fraction of sp³-hybridized carbons (Fsp3) is 0.759. The van der Waals surface area contributed by atoms with Crippen molar-refractivity contribution < 1.29 is 24.5 Å². The van der Waals surface area contributed by atoms with Gasteiger partial charge in [-0.3, -0.25) is 9.59 Å². The predicted octanol–water partition coefficient (Wildman–Crippen LogP) is 16.6. The largest absolute Gasteiger partial charge is 0.462 e. The molecule has 370 valence electrons. The molecule has 0 spiro atoms. The zero-order valence-corrected chi connectivity index (χ0v) is 42.1. The number of esters is 1. The maximum absolute atomic E-state index is 13.2. The molecule has 0 saturated heterocycles. The molecule has 0 bridgehead atoms. The summed E-state index contributed by atoms with van der Waals surface area (Å²) < 4.78 is 5.93. The molecule has 0 aromatic carbocycles. The van der Waals surface area contributed by atoms with Gasteiger partial charge in [-0.1, -0.05) is 248 Å². The van der Waals surface area contributed by atoms with Crippen LogP contribution in [0.2, 0.25) is 0 Å². The number of hydrogen-bond donors (Lipinski definition) is 3. The van der Waals surface area contributed by atoms with Crippen molar-refractivity contribution in [3.05, 3.63) is 72.9 Å². The number of aliphatic hydroxyl groups excluding tert-OH is 2. The Kier molecular flexibility index (Phi) is 49.1. The van der Waals surface area contributed by atoms with E-state index in [9.17, 15) is 19.8 Å². The summed E-state index contributed by atoms with van der Waals surface area (Å²) in [5, 5.41) is 23.8. The maximum atomic E-state index is 13.2. The van der Waals surface area contributed by atoms with E-state index in [1.165, 1.54) is 116 Å². The van der Waals surface area contributed by atoms with E-state index in [0.29, 0.717) is 19.3 Å². The van der Waals surface area contributed by atoms with E-state index >= 15 is 0 Å². The Hall–Kier alpha value is -2.70. The van der Waals surface area contributed by atoms with Crippen molar-refractivity contribution in [2.75, 3.05) is 6.61 Å². The number of carbonyl (C=O) groups excluding carboxylic acids is 2. The number of amides is 1. The van der Waals surface area contributed by atoms with Gasteiger partial charge >= 0.3 is 5.97 Å². The van der Waals surface area contributed by atoms with Gasteiger partial charge in [-0.2, -0.15) is 0 Å². The average molecular weight is 894 g/mol. The highest BCUT2D eigenvalue weighted by atomic mass is 16.5. The summed E-state index contributed by atoms with van der Waals surface area (Å²) in [5.74, 6) is -0.525. The summed E-state index contributed by atoms with van der Waals surface area (Å²) >= 11 is 0. The Bertz CT molecular complexity index is 1190. The van der Waals surface area contributed by atoms with Crippen LogP contribution in [0.15, 0.2) is 72.9 Å². The van der Waals surface area contributed by atoms with E-state index in [1.54, 1.807) is 0 Å². The molecule has 0 aliphatic rings. The van der Waals surface area contributed by atoms with E-state index in [4.69, 9.17) is 4.74 Å². The molecule has 0 fully saturated rings. The van der Waals surface area contributed by atoms with Crippen molar-refractivity contribution in [2.45, 2.75) is 277 Å². The highest BCUT2D eigenvalue weighted by Crippen LogP contribution is 2.17. The molecule has 0 aromatic rings. The van der Waals surface area contributed by atoms with Crippen LogP contribution in [0, 0.1) is 0 Å². The second-order valence-electron chi connectivity index (χ2n) is 18.4. The molecule has 0 saturated carbocycles. The molecule has 6 heteroatoms. The third-order valence-electron chi connectivity index (χ3n) is 12.1. The summed E-state index contributed by atoms with van der Waals surface area (Å²) in [4.78, 5) is 26.2. The van der Waals surface area contributed by atoms with Crippen LogP contribution in [0.1, 0.15) is 258 Å². The summed E-state index contributed by atoms with van der Waals surface area (Å²) in [6.07, 6.45) is 65.3. The first-order chi connectivity index (χ1) is 31.5. The number of unbranched alkanes of at least 4 members (excludes halogenated alkanes) is 28. The van der Waals surface area contributed by atoms with Crippen molar-refractivity contribution in [3.8, 4) is 0 Å². The topological polar surface area (TPSA) is 95.9 Å². The van der Waals surface area contributed by atoms with Crippen LogP contribution in [0.25, 0.3) is 0 Å². The van der Waals surface area contributed by atoms with Crippen LogP contribution in [0.4, 0.5) is 0 Å². The minimum atomic E-state index is -0.802. The van der Waals surface area contributed by atoms with Gasteiger partial charge in [0, 0.05) is 6.42 Å². The van der Waals surface area contributed by atoms with E-state index < -0.39 is 18.2 Å². The average Bonchev–Trinajstić information content (AvgIpc) is 3.29. The van der Waals surface area contributed by atoms with E-state index in [1.807, 2.05) is 18.2 Å². The van der Waals surface area contributed by atoms with Crippen molar-refractivity contribution in [3.63, 3.8) is 0 Å². The van der Waals surface area contributed by atoms with Gasteiger partial charge in [-0.25, -0.2) is 0 Å². The summed E-state index contributed by atoms with van der Waals surface area (Å²) in [6.45, 7) is 6.34. The number of carbonyl (C=O) groups is 2. The lowest BCUT2D eigenvalue weighted by molar-refractivity contribution is -0.151. The summed E-state index contributed by atoms with van der Waals surface area (Å²) in [5.41, 5.74) is 0. The number of aliphatic hydroxyl groups is 2. The van der Waals surface area contributed by atoms with E-state index in [0.717, 1.165) is 96.3 Å². The Balaban J connectivity index is 4.67. The lowest BCUT2D eigenvalue weighted by atomic mass is 10.0. The van der Waals surface area contributed by atoms with Crippen LogP contribution in [-0.4, -0.2) is 46.9 Å². The highest BCUT2D eigenvalue weighted by molar-refractivity contribution is 5.77. The number of allylic oxidation sites excluding steroid dienone is 12. The van der Waals surface area contributed by atoms with Crippen molar-refractivity contribution in [2.24, 2.45) is 0 Å². The monoisotopic (exact) mass is 894 g/mol. The third-order valence-corrected chi connectivity index (χ3v) is 12.1. The second-order valence-corrected chi connectivity index (χ2v) is 18.4. The quantitative estimate of drug-likeness (QED) is 0.0321. The van der Waals surface area contributed by atoms with Gasteiger partial charge in [0.25, 0.3) is 0 Å². The molecule has 64 heavy (non-hydrogen) atoms. The Morgan fingerprint density at radius 3 is 1.31 bits per heavy atom. The molecular formula is C58H103NO5. The third kappa shape index (κ3) is 45.9. The summed E-state index contributed by atoms with van der Waals surface area (Å²) in [6, 6.07) is -0.718. The minimum absolute atomic E-state index is 0.0478. The van der Waals surface area contributed by atoms with Crippen LogP contribution in [0.3, 0.4) is 0 Å². The SMILES string of the molecule is CC/C=C/C=C/C=C/C=C\CCCCCCCC(=O)OC(CCCCC/C=C/C=C/CCCCCCCCC)CC(=O)NC(CO)C(O)CCCCCCCCCCCCCCCC. The number of ether oxygens (including phenoxy) is 1. The zero-order chi connectivity index (χ0) is 46.7. The van der Waals surface area contributed by atoms with Gasteiger partial charge in [0.2, 0.25) is 5.91 Å². The smallest absolute Gasteiger partial charge is 0.306 e. The molecule has 1 amide bonds. The first-order valence-corrected chi connectivity index (χ1v) is 27.2. The Morgan fingerprint density at radius 2 is 0.844 bits per heavy atom. The van der Waals surface area contributed by atoms with Gasteiger partial charge in [-0.15, -0.1) is 0 Å². The molecule has 0 heterocycles. The number of hydrogen-bond acceptors (Lipinski definition) is 5. The highest BCUT2D eigenvalue weighted by Gasteiger charge is 2.24. The Labute approximate surface area is 396 Å². The van der Waals surface area contributed by atoms with Gasteiger partial charge in [0.05, 0.1) is 25.2 Å².